The molecule has 0 nitrogen and oxygen atoms in total. The molecule has 0 aromatic heterocycles. The first-order valence-corrected chi connectivity index (χ1v) is 7.04. The van der Waals surface area contributed by atoms with Crippen LogP contribution in [0.5, 0.6) is 0 Å². The van der Waals surface area contributed by atoms with E-state index < -0.39 is 0 Å². The first-order valence-electron chi connectivity index (χ1n) is 5.90. The molecule has 3 aromatic rings. The molecule has 0 unspecified atom stereocenters. The number of fused-ring (bicyclic) bond motifs is 1. The number of hydrogen-bond acceptors (Lipinski definition) is 0. The summed E-state index contributed by atoms with van der Waals surface area (Å²) in [6.07, 6.45) is 0. The molecule has 0 aliphatic rings. The fraction of sp³-hybridized carbons (Fsp3) is 0. The predicted octanol–water partition coefficient (Wildman–Crippen LogP) is 6.61. The van der Waals surface area contributed by atoms with Crippen LogP contribution in [0, 0.1) is 5.82 Å². The van der Waals surface area contributed by atoms with E-state index in [0.717, 1.165) is 5.39 Å². The second kappa shape index (κ2) is 5.25. The highest BCUT2D eigenvalue weighted by molar-refractivity contribution is 6.49. The standard InChI is InChI=1S/C16H8Cl3F/c17-12-8-7-11(15(18)16(12)19)10-5-1-3-9-4-2-6-13(20)14(9)10/h1-8H. The second-order valence-electron chi connectivity index (χ2n) is 4.37. The van der Waals surface area contributed by atoms with Crippen molar-refractivity contribution in [3.8, 4) is 11.1 Å². The van der Waals surface area contributed by atoms with E-state index in [9.17, 15) is 4.39 Å². The number of benzene rings is 3. The van der Waals surface area contributed by atoms with Crippen LogP contribution < -0.4 is 0 Å². The van der Waals surface area contributed by atoms with E-state index in [1.807, 2.05) is 24.3 Å². The number of rotatable bonds is 1. The van der Waals surface area contributed by atoms with Crippen LogP contribution in [0.2, 0.25) is 15.1 Å². The largest absolute Gasteiger partial charge is 0.206 e. The van der Waals surface area contributed by atoms with E-state index in [0.29, 0.717) is 26.6 Å². The molecule has 0 aliphatic carbocycles. The molecule has 0 N–H and O–H groups in total. The van der Waals surface area contributed by atoms with Crippen molar-refractivity contribution in [1.29, 1.82) is 0 Å². The first-order chi connectivity index (χ1) is 9.59. The Labute approximate surface area is 130 Å². The third kappa shape index (κ3) is 2.16. The zero-order chi connectivity index (χ0) is 14.3. The Balaban J connectivity index is 2.39. The average molecular weight is 326 g/mol. The minimum atomic E-state index is -0.291. The van der Waals surface area contributed by atoms with Crippen LogP contribution >= 0.6 is 34.8 Å². The zero-order valence-electron chi connectivity index (χ0n) is 10.1. The Morgan fingerprint density at radius 3 is 2.15 bits per heavy atom. The lowest BCUT2D eigenvalue weighted by Crippen LogP contribution is -1.87. The van der Waals surface area contributed by atoms with Crippen molar-refractivity contribution in [1.82, 2.24) is 0 Å². The van der Waals surface area contributed by atoms with Crippen molar-refractivity contribution in [3.63, 3.8) is 0 Å². The van der Waals surface area contributed by atoms with Crippen LogP contribution in [0.4, 0.5) is 4.39 Å². The van der Waals surface area contributed by atoms with E-state index in [-0.39, 0.29) is 10.8 Å². The minimum Gasteiger partial charge on any atom is -0.206 e. The van der Waals surface area contributed by atoms with Crippen LogP contribution in [-0.2, 0) is 0 Å². The summed E-state index contributed by atoms with van der Waals surface area (Å²) in [6, 6.07) is 13.9. The molecule has 0 spiro atoms. The maximum absolute atomic E-state index is 14.1. The summed E-state index contributed by atoms with van der Waals surface area (Å²) >= 11 is 18.2. The van der Waals surface area contributed by atoms with Crippen molar-refractivity contribution in [2.75, 3.05) is 0 Å². The molecule has 0 saturated heterocycles. The highest BCUT2D eigenvalue weighted by atomic mass is 35.5. The lowest BCUT2D eigenvalue weighted by molar-refractivity contribution is 0.640. The molecule has 100 valence electrons. The van der Waals surface area contributed by atoms with Crippen molar-refractivity contribution < 1.29 is 4.39 Å². The Morgan fingerprint density at radius 2 is 1.40 bits per heavy atom. The van der Waals surface area contributed by atoms with Crippen molar-refractivity contribution >= 4 is 45.6 Å². The molecule has 0 bridgehead atoms. The molecule has 0 amide bonds. The molecule has 0 heterocycles. The van der Waals surface area contributed by atoms with Gasteiger partial charge in [0.05, 0.1) is 15.1 Å². The maximum atomic E-state index is 14.1. The van der Waals surface area contributed by atoms with Gasteiger partial charge in [-0.15, -0.1) is 0 Å². The topological polar surface area (TPSA) is 0 Å². The molecule has 0 aliphatic heterocycles. The molecular formula is C16H8Cl3F. The second-order valence-corrected chi connectivity index (χ2v) is 5.53. The molecular weight excluding hydrogens is 318 g/mol. The van der Waals surface area contributed by atoms with E-state index in [2.05, 4.69) is 0 Å². The quantitative estimate of drug-likeness (QED) is 0.442. The van der Waals surface area contributed by atoms with Gasteiger partial charge in [-0.05, 0) is 23.1 Å². The third-order valence-electron chi connectivity index (χ3n) is 3.18. The summed E-state index contributed by atoms with van der Waals surface area (Å²) < 4.78 is 14.1. The lowest BCUT2D eigenvalue weighted by atomic mass is 9.98. The van der Waals surface area contributed by atoms with Gasteiger partial charge in [0.1, 0.15) is 5.82 Å². The number of halogens is 4. The van der Waals surface area contributed by atoms with Crippen LogP contribution in [0.1, 0.15) is 0 Å². The van der Waals surface area contributed by atoms with E-state index in [4.69, 9.17) is 34.8 Å². The Kier molecular flexibility index (Phi) is 3.59. The zero-order valence-corrected chi connectivity index (χ0v) is 12.4. The molecule has 20 heavy (non-hydrogen) atoms. The van der Waals surface area contributed by atoms with Gasteiger partial charge in [0.15, 0.2) is 0 Å². The Morgan fingerprint density at radius 1 is 0.700 bits per heavy atom. The van der Waals surface area contributed by atoms with Crippen molar-refractivity contribution in [2.45, 2.75) is 0 Å². The first kappa shape index (κ1) is 13.7. The van der Waals surface area contributed by atoms with Gasteiger partial charge in [0, 0.05) is 10.9 Å². The summed E-state index contributed by atoms with van der Waals surface area (Å²) in [5.74, 6) is -0.291. The normalized spacial score (nSPS) is 11.0. The maximum Gasteiger partial charge on any atom is 0.131 e. The molecule has 0 saturated carbocycles. The molecule has 0 radical (unpaired) electrons. The van der Waals surface area contributed by atoms with Gasteiger partial charge in [0.2, 0.25) is 0 Å². The Hall–Kier alpha value is -1.28. The smallest absolute Gasteiger partial charge is 0.131 e. The highest BCUT2D eigenvalue weighted by Crippen LogP contribution is 2.40. The molecule has 0 fully saturated rings. The van der Waals surface area contributed by atoms with Crippen LogP contribution in [0.3, 0.4) is 0 Å². The molecule has 0 atom stereocenters. The SMILES string of the molecule is Fc1cccc2cccc(-c3ccc(Cl)c(Cl)c3Cl)c12. The van der Waals surface area contributed by atoms with Gasteiger partial charge >= 0.3 is 0 Å². The van der Waals surface area contributed by atoms with Crippen LogP contribution in [0.25, 0.3) is 21.9 Å². The van der Waals surface area contributed by atoms with Crippen molar-refractivity contribution in [2.24, 2.45) is 0 Å². The van der Waals surface area contributed by atoms with Gasteiger partial charge in [-0.2, -0.15) is 0 Å². The summed E-state index contributed by atoms with van der Waals surface area (Å²) in [4.78, 5) is 0. The summed E-state index contributed by atoms with van der Waals surface area (Å²) in [5.41, 5.74) is 1.36. The minimum absolute atomic E-state index is 0.277. The third-order valence-corrected chi connectivity index (χ3v) is 4.47. The predicted molar refractivity (Wildman–Crippen MR) is 84.4 cm³/mol. The molecule has 3 rings (SSSR count). The van der Waals surface area contributed by atoms with Gasteiger partial charge in [0.25, 0.3) is 0 Å². The van der Waals surface area contributed by atoms with Gasteiger partial charge in [-0.3, -0.25) is 0 Å². The number of hydrogen-bond donors (Lipinski definition) is 0. The fourth-order valence-electron chi connectivity index (χ4n) is 2.25. The monoisotopic (exact) mass is 324 g/mol. The van der Waals surface area contributed by atoms with E-state index in [1.165, 1.54) is 6.07 Å². The molecule has 3 aromatic carbocycles. The van der Waals surface area contributed by atoms with E-state index >= 15 is 0 Å². The van der Waals surface area contributed by atoms with Gasteiger partial charge in [-0.1, -0.05) is 71.2 Å². The van der Waals surface area contributed by atoms with Crippen LogP contribution in [0.15, 0.2) is 48.5 Å². The highest BCUT2D eigenvalue weighted by Gasteiger charge is 2.14. The summed E-state index contributed by atoms with van der Waals surface area (Å²) in [7, 11) is 0. The fourth-order valence-corrected chi connectivity index (χ4v) is 2.89. The summed E-state index contributed by atoms with van der Waals surface area (Å²) in [6.45, 7) is 0. The van der Waals surface area contributed by atoms with Crippen LogP contribution in [-0.4, -0.2) is 0 Å². The van der Waals surface area contributed by atoms with Gasteiger partial charge < -0.3 is 0 Å². The van der Waals surface area contributed by atoms with Crippen molar-refractivity contribution in [3.05, 3.63) is 69.4 Å². The van der Waals surface area contributed by atoms with E-state index in [1.54, 1.807) is 18.2 Å². The average Bonchev–Trinajstić information content (AvgIpc) is 2.45. The Bertz CT molecular complexity index is 807. The van der Waals surface area contributed by atoms with Gasteiger partial charge in [-0.25, -0.2) is 4.39 Å². The lowest BCUT2D eigenvalue weighted by Gasteiger charge is -2.11. The molecule has 4 heteroatoms. The summed E-state index contributed by atoms with van der Waals surface area (Å²) in [5, 5.41) is 2.31.